The largest absolute Gasteiger partial charge is 0.497 e. The summed E-state index contributed by atoms with van der Waals surface area (Å²) in [7, 11) is 1.61. The molecule has 1 heterocycles. The number of nitrogens with zero attached hydrogens (tertiary/aromatic N) is 1. The number of amides is 2. The summed E-state index contributed by atoms with van der Waals surface area (Å²) in [5.74, 6) is 1.33. The van der Waals surface area contributed by atoms with Crippen molar-refractivity contribution >= 4 is 17.5 Å². The van der Waals surface area contributed by atoms with E-state index in [9.17, 15) is 9.59 Å². The van der Waals surface area contributed by atoms with Gasteiger partial charge in [0.25, 0.3) is 0 Å². The van der Waals surface area contributed by atoms with Crippen molar-refractivity contribution in [2.75, 3.05) is 31.7 Å². The van der Waals surface area contributed by atoms with Gasteiger partial charge in [-0.25, -0.2) is 0 Å². The minimum absolute atomic E-state index is 0.00673. The minimum Gasteiger partial charge on any atom is -0.497 e. The molecule has 0 aliphatic carbocycles. The standard InChI is InChI=1S/C23H28N2O4/c1-16(2)20-6-4-5-7-21(20)25-15-17(14-22(25)26)23(27)24-12-13-29-19-10-8-18(28-3)9-11-19/h4-11,16-17H,12-15H2,1-3H3,(H,24,27). The number of anilines is 1. The van der Waals surface area contributed by atoms with Crippen molar-refractivity contribution < 1.29 is 19.1 Å². The third-order valence-electron chi connectivity index (χ3n) is 5.07. The summed E-state index contributed by atoms with van der Waals surface area (Å²) in [5.41, 5.74) is 2.03. The van der Waals surface area contributed by atoms with Crippen molar-refractivity contribution in [3.05, 3.63) is 54.1 Å². The van der Waals surface area contributed by atoms with E-state index < -0.39 is 0 Å². The Morgan fingerprint density at radius 1 is 1.14 bits per heavy atom. The molecule has 0 saturated carbocycles. The van der Waals surface area contributed by atoms with Crippen molar-refractivity contribution in [2.45, 2.75) is 26.2 Å². The Labute approximate surface area is 171 Å². The molecule has 0 spiro atoms. The summed E-state index contributed by atoms with van der Waals surface area (Å²) in [6, 6.07) is 15.2. The normalized spacial score (nSPS) is 16.2. The van der Waals surface area contributed by atoms with E-state index in [0.29, 0.717) is 31.4 Å². The van der Waals surface area contributed by atoms with E-state index in [1.54, 1.807) is 12.0 Å². The molecule has 29 heavy (non-hydrogen) atoms. The van der Waals surface area contributed by atoms with Crippen LogP contribution in [0.4, 0.5) is 5.69 Å². The van der Waals surface area contributed by atoms with Crippen LogP contribution in [-0.4, -0.2) is 38.6 Å². The molecule has 1 aliphatic heterocycles. The molecule has 2 aromatic carbocycles. The lowest BCUT2D eigenvalue weighted by atomic mass is 10.0. The number of carbonyl (C=O) groups excluding carboxylic acids is 2. The Kier molecular flexibility index (Phi) is 6.75. The number of para-hydroxylation sites is 1. The summed E-state index contributed by atoms with van der Waals surface area (Å²) >= 11 is 0. The van der Waals surface area contributed by atoms with Gasteiger partial charge in [-0.1, -0.05) is 32.0 Å². The lowest BCUT2D eigenvalue weighted by Gasteiger charge is -2.22. The summed E-state index contributed by atoms with van der Waals surface area (Å²) < 4.78 is 10.7. The predicted octanol–water partition coefficient (Wildman–Crippen LogP) is 3.37. The van der Waals surface area contributed by atoms with Gasteiger partial charge >= 0.3 is 0 Å². The maximum Gasteiger partial charge on any atom is 0.227 e. The van der Waals surface area contributed by atoms with Crippen molar-refractivity contribution in [2.24, 2.45) is 5.92 Å². The van der Waals surface area contributed by atoms with Gasteiger partial charge in [0.2, 0.25) is 11.8 Å². The number of nitrogens with one attached hydrogen (secondary N) is 1. The maximum absolute atomic E-state index is 12.5. The van der Waals surface area contributed by atoms with E-state index in [1.807, 2.05) is 48.5 Å². The highest BCUT2D eigenvalue weighted by atomic mass is 16.5. The van der Waals surface area contributed by atoms with Crippen LogP contribution in [0.3, 0.4) is 0 Å². The molecule has 6 nitrogen and oxygen atoms in total. The summed E-state index contributed by atoms with van der Waals surface area (Å²) in [6.45, 7) is 5.36. The average molecular weight is 396 g/mol. The fourth-order valence-electron chi connectivity index (χ4n) is 3.50. The molecule has 1 saturated heterocycles. The molecule has 0 aromatic heterocycles. The van der Waals surface area contributed by atoms with E-state index in [2.05, 4.69) is 19.2 Å². The second-order valence-electron chi connectivity index (χ2n) is 7.43. The van der Waals surface area contributed by atoms with Crippen molar-refractivity contribution in [1.82, 2.24) is 5.32 Å². The van der Waals surface area contributed by atoms with E-state index in [1.165, 1.54) is 0 Å². The van der Waals surface area contributed by atoms with Gasteiger partial charge in [-0.15, -0.1) is 0 Å². The molecule has 154 valence electrons. The monoisotopic (exact) mass is 396 g/mol. The first-order valence-corrected chi connectivity index (χ1v) is 9.93. The van der Waals surface area contributed by atoms with Crippen molar-refractivity contribution in [3.63, 3.8) is 0 Å². The summed E-state index contributed by atoms with van der Waals surface area (Å²) in [4.78, 5) is 26.8. The molecular formula is C23H28N2O4. The SMILES string of the molecule is COc1ccc(OCCNC(=O)C2CC(=O)N(c3ccccc3C(C)C)C2)cc1. The number of ether oxygens (including phenoxy) is 2. The van der Waals surface area contributed by atoms with Crippen LogP contribution in [0.25, 0.3) is 0 Å². The molecule has 0 bridgehead atoms. The van der Waals surface area contributed by atoms with Crippen LogP contribution in [0.1, 0.15) is 31.7 Å². The average Bonchev–Trinajstić information content (AvgIpc) is 3.13. The highest BCUT2D eigenvalue weighted by Crippen LogP contribution is 2.32. The van der Waals surface area contributed by atoms with Gasteiger partial charge in [-0.3, -0.25) is 9.59 Å². The first kappa shape index (κ1) is 20.7. The van der Waals surface area contributed by atoms with Crippen LogP contribution < -0.4 is 19.7 Å². The van der Waals surface area contributed by atoms with E-state index >= 15 is 0 Å². The molecule has 2 amide bonds. The summed E-state index contributed by atoms with van der Waals surface area (Å²) in [5, 5.41) is 2.88. The van der Waals surface area contributed by atoms with Gasteiger partial charge in [0, 0.05) is 18.7 Å². The highest BCUT2D eigenvalue weighted by molar-refractivity contribution is 6.00. The molecule has 0 radical (unpaired) electrons. The number of rotatable bonds is 8. The third-order valence-corrected chi connectivity index (χ3v) is 5.07. The number of carbonyl (C=O) groups is 2. The van der Waals surface area contributed by atoms with Crippen LogP contribution >= 0.6 is 0 Å². The van der Waals surface area contributed by atoms with E-state index in [-0.39, 0.29) is 24.2 Å². The Morgan fingerprint density at radius 2 is 1.83 bits per heavy atom. The number of benzene rings is 2. The Morgan fingerprint density at radius 3 is 2.52 bits per heavy atom. The molecule has 1 aliphatic rings. The minimum atomic E-state index is -0.344. The molecule has 6 heteroatoms. The second-order valence-corrected chi connectivity index (χ2v) is 7.43. The highest BCUT2D eigenvalue weighted by Gasteiger charge is 2.35. The first-order chi connectivity index (χ1) is 14.0. The van der Waals surface area contributed by atoms with Crippen LogP contribution in [-0.2, 0) is 9.59 Å². The Balaban J connectivity index is 1.50. The molecule has 3 rings (SSSR count). The van der Waals surface area contributed by atoms with E-state index in [0.717, 1.165) is 17.0 Å². The quantitative estimate of drug-likeness (QED) is 0.695. The van der Waals surface area contributed by atoms with Gasteiger partial charge in [-0.05, 0) is 41.8 Å². The van der Waals surface area contributed by atoms with Gasteiger partial charge in [-0.2, -0.15) is 0 Å². The summed E-state index contributed by atoms with van der Waals surface area (Å²) in [6.07, 6.45) is 0.234. The van der Waals surface area contributed by atoms with Gasteiger partial charge in [0.1, 0.15) is 18.1 Å². The van der Waals surface area contributed by atoms with Gasteiger partial charge in [0.05, 0.1) is 19.6 Å². The molecule has 2 aromatic rings. The van der Waals surface area contributed by atoms with Crippen LogP contribution in [0, 0.1) is 5.92 Å². The van der Waals surface area contributed by atoms with Crippen molar-refractivity contribution in [3.8, 4) is 11.5 Å². The second kappa shape index (κ2) is 9.45. The number of methoxy groups -OCH3 is 1. The fourth-order valence-corrected chi connectivity index (χ4v) is 3.50. The van der Waals surface area contributed by atoms with Crippen LogP contribution in [0.15, 0.2) is 48.5 Å². The number of hydrogen-bond acceptors (Lipinski definition) is 4. The van der Waals surface area contributed by atoms with Crippen molar-refractivity contribution in [1.29, 1.82) is 0 Å². The smallest absolute Gasteiger partial charge is 0.227 e. The molecular weight excluding hydrogens is 368 g/mol. The van der Waals surface area contributed by atoms with Crippen LogP contribution in [0.5, 0.6) is 11.5 Å². The predicted molar refractivity (Wildman–Crippen MR) is 112 cm³/mol. The molecule has 1 atom stereocenters. The Bertz CT molecular complexity index is 848. The van der Waals surface area contributed by atoms with E-state index in [4.69, 9.17) is 9.47 Å². The zero-order chi connectivity index (χ0) is 20.8. The lowest BCUT2D eigenvalue weighted by molar-refractivity contribution is -0.126. The number of hydrogen-bond donors (Lipinski definition) is 1. The topological polar surface area (TPSA) is 67.9 Å². The molecule has 1 N–H and O–H groups in total. The van der Waals surface area contributed by atoms with Crippen LogP contribution in [0.2, 0.25) is 0 Å². The zero-order valence-electron chi connectivity index (χ0n) is 17.2. The maximum atomic E-state index is 12.5. The third kappa shape index (κ3) is 5.08. The Hall–Kier alpha value is -3.02. The first-order valence-electron chi connectivity index (χ1n) is 9.93. The fraction of sp³-hybridized carbons (Fsp3) is 0.391. The molecule has 1 unspecified atom stereocenters. The van der Waals surface area contributed by atoms with Gasteiger partial charge in [0.15, 0.2) is 0 Å². The van der Waals surface area contributed by atoms with Gasteiger partial charge < -0.3 is 19.7 Å². The zero-order valence-corrected chi connectivity index (χ0v) is 17.2. The lowest BCUT2D eigenvalue weighted by Crippen LogP contribution is -2.35. The molecule has 1 fully saturated rings.